The lowest BCUT2D eigenvalue weighted by molar-refractivity contribution is -0.140. The highest BCUT2D eigenvalue weighted by Crippen LogP contribution is 2.49. The van der Waals surface area contributed by atoms with E-state index < -0.39 is 22.7 Å². The third-order valence-corrected chi connectivity index (χ3v) is 18.3. The molecule has 0 radical (unpaired) electrons. The predicted octanol–water partition coefficient (Wildman–Crippen LogP) is 7.26. The number of carbonyl (C=O) groups excluding carboxylic acids is 2. The molecule has 218 valence electrons. The molecule has 0 heterocycles. The fourth-order valence-corrected chi connectivity index (χ4v) is 7.61. The topological polar surface area (TPSA) is 82.1 Å². The maximum absolute atomic E-state index is 11.4. The fraction of sp³-hybridized carbons (Fsp3) is 0.931. The molecule has 0 aromatic heterocycles. The van der Waals surface area contributed by atoms with Crippen molar-refractivity contribution in [2.75, 3.05) is 7.11 Å². The molecular formula is C29H58O6Si2. The lowest BCUT2D eigenvalue weighted by Gasteiger charge is -2.40. The molecule has 2 unspecified atom stereocenters. The van der Waals surface area contributed by atoms with Crippen LogP contribution < -0.4 is 0 Å². The average Bonchev–Trinajstić information content (AvgIpc) is 3.06. The van der Waals surface area contributed by atoms with Crippen molar-refractivity contribution < 1.29 is 28.3 Å². The first-order chi connectivity index (χ1) is 16.9. The highest BCUT2D eigenvalue weighted by molar-refractivity contribution is 6.74. The van der Waals surface area contributed by atoms with E-state index in [1.807, 2.05) is 0 Å². The van der Waals surface area contributed by atoms with Gasteiger partial charge in [-0.1, -0.05) is 60.8 Å². The van der Waals surface area contributed by atoms with Crippen LogP contribution in [0.3, 0.4) is 0 Å². The van der Waals surface area contributed by atoms with Crippen LogP contribution in [0.4, 0.5) is 0 Å². The Morgan fingerprint density at radius 3 is 1.76 bits per heavy atom. The van der Waals surface area contributed by atoms with E-state index in [1.54, 1.807) is 0 Å². The summed E-state index contributed by atoms with van der Waals surface area (Å²) in [6.45, 7) is 22.9. The standard InChI is InChI=1S/C29H58O6Si2/c1-28(2,3)36(8,9)34-25-20-26(35-37(10,11)29(4,5)6)24(19-18-22(31)21-30)23(25)16-14-12-13-15-17-27(32)33-7/h21-26,31H,12-20H2,1-11H3/t22?,23-,24-,25+,26?/m1/s1. The Morgan fingerprint density at radius 2 is 1.32 bits per heavy atom. The second kappa shape index (κ2) is 14.2. The van der Waals surface area contributed by atoms with Crippen LogP contribution in [0.25, 0.3) is 0 Å². The van der Waals surface area contributed by atoms with Gasteiger partial charge in [0.05, 0.1) is 19.3 Å². The molecule has 5 atom stereocenters. The van der Waals surface area contributed by atoms with Crippen LogP contribution in [0, 0.1) is 11.8 Å². The zero-order valence-corrected chi connectivity index (χ0v) is 27.8. The van der Waals surface area contributed by atoms with Crippen molar-refractivity contribution in [1.82, 2.24) is 0 Å². The number of ether oxygens (including phenoxy) is 1. The molecule has 1 saturated carbocycles. The molecule has 0 saturated heterocycles. The number of hydrogen-bond donors (Lipinski definition) is 1. The summed E-state index contributed by atoms with van der Waals surface area (Å²) in [6.07, 6.45) is 7.57. The smallest absolute Gasteiger partial charge is 0.305 e. The number of hydrogen-bond acceptors (Lipinski definition) is 6. The average molecular weight is 559 g/mol. The number of methoxy groups -OCH3 is 1. The van der Waals surface area contributed by atoms with Gasteiger partial charge < -0.3 is 23.5 Å². The number of rotatable bonds is 15. The summed E-state index contributed by atoms with van der Waals surface area (Å²) >= 11 is 0. The Balaban J connectivity index is 3.15. The number of aliphatic hydroxyl groups is 1. The van der Waals surface area contributed by atoms with Gasteiger partial charge in [-0.3, -0.25) is 4.79 Å². The zero-order chi connectivity index (χ0) is 28.7. The van der Waals surface area contributed by atoms with Gasteiger partial charge >= 0.3 is 5.97 Å². The molecule has 0 aromatic carbocycles. The molecule has 0 bridgehead atoms. The normalized spacial score (nSPS) is 24.2. The molecule has 1 aliphatic carbocycles. The van der Waals surface area contributed by atoms with Gasteiger partial charge in [0, 0.05) is 6.42 Å². The molecule has 6 nitrogen and oxygen atoms in total. The fourth-order valence-electron chi connectivity index (χ4n) is 4.85. The third-order valence-electron chi connectivity index (χ3n) is 9.32. The Kier molecular flexibility index (Phi) is 13.2. The van der Waals surface area contributed by atoms with Gasteiger partial charge in [-0.15, -0.1) is 0 Å². The van der Waals surface area contributed by atoms with Gasteiger partial charge in [0.15, 0.2) is 16.6 Å². The number of esters is 1. The highest BCUT2D eigenvalue weighted by atomic mass is 28.4. The number of aldehydes is 1. The molecule has 1 fully saturated rings. The minimum absolute atomic E-state index is 0.0823. The third kappa shape index (κ3) is 10.5. The van der Waals surface area contributed by atoms with Gasteiger partial charge in [-0.2, -0.15) is 0 Å². The minimum atomic E-state index is -2.01. The van der Waals surface area contributed by atoms with Crippen molar-refractivity contribution in [2.24, 2.45) is 11.8 Å². The van der Waals surface area contributed by atoms with Gasteiger partial charge in [0.2, 0.25) is 0 Å². The molecule has 0 aliphatic heterocycles. The minimum Gasteiger partial charge on any atom is -0.469 e. The first-order valence-corrected chi connectivity index (χ1v) is 20.2. The van der Waals surface area contributed by atoms with Crippen molar-refractivity contribution in [1.29, 1.82) is 0 Å². The number of unbranched alkanes of at least 4 members (excludes halogenated alkanes) is 3. The molecule has 37 heavy (non-hydrogen) atoms. The lowest BCUT2D eigenvalue weighted by Crippen LogP contribution is -2.45. The largest absolute Gasteiger partial charge is 0.469 e. The van der Waals surface area contributed by atoms with Gasteiger partial charge in [0.1, 0.15) is 12.4 Å². The summed E-state index contributed by atoms with van der Waals surface area (Å²) in [4.78, 5) is 22.6. The monoisotopic (exact) mass is 558 g/mol. The van der Waals surface area contributed by atoms with Crippen LogP contribution in [0.1, 0.15) is 99.3 Å². The van der Waals surface area contributed by atoms with Crippen LogP contribution in [-0.4, -0.2) is 59.4 Å². The van der Waals surface area contributed by atoms with Crippen LogP contribution in [-0.2, 0) is 23.2 Å². The lowest BCUT2D eigenvalue weighted by atomic mass is 9.85. The highest BCUT2D eigenvalue weighted by Gasteiger charge is 2.51. The van der Waals surface area contributed by atoms with Crippen molar-refractivity contribution in [3.63, 3.8) is 0 Å². The molecular weight excluding hydrogens is 500 g/mol. The Labute approximate surface area is 229 Å². The van der Waals surface area contributed by atoms with Crippen molar-refractivity contribution in [2.45, 2.75) is 154 Å². The van der Waals surface area contributed by atoms with Crippen LogP contribution in [0.5, 0.6) is 0 Å². The molecule has 8 heteroatoms. The van der Waals surface area contributed by atoms with E-state index in [1.165, 1.54) is 7.11 Å². The summed E-state index contributed by atoms with van der Waals surface area (Å²) in [5.74, 6) is 0.454. The van der Waals surface area contributed by atoms with Crippen molar-refractivity contribution in [3.8, 4) is 0 Å². The van der Waals surface area contributed by atoms with Gasteiger partial charge in [-0.25, -0.2) is 0 Å². The second-order valence-corrected chi connectivity index (χ2v) is 23.7. The maximum Gasteiger partial charge on any atom is 0.305 e. The first kappa shape index (κ1) is 34.5. The Morgan fingerprint density at radius 1 is 0.865 bits per heavy atom. The summed E-state index contributed by atoms with van der Waals surface area (Å²) < 4.78 is 18.9. The van der Waals surface area contributed by atoms with E-state index in [0.717, 1.165) is 44.9 Å². The van der Waals surface area contributed by atoms with Crippen LogP contribution >= 0.6 is 0 Å². The second-order valence-electron chi connectivity index (χ2n) is 14.2. The van der Waals surface area contributed by atoms with E-state index >= 15 is 0 Å². The SMILES string of the molecule is COC(=O)CCCCCC[C@H]1[C@@H](O[Si](C)(C)C(C)(C)C)CC(O[Si](C)(C)C(C)(C)C)[C@@H]1CCC(O)C=O. The van der Waals surface area contributed by atoms with E-state index in [0.29, 0.717) is 25.0 Å². The molecule has 1 aliphatic rings. The summed E-state index contributed by atoms with van der Waals surface area (Å²) in [6, 6.07) is 0. The van der Waals surface area contributed by atoms with Crippen molar-refractivity contribution in [3.05, 3.63) is 0 Å². The molecule has 0 spiro atoms. The summed E-state index contributed by atoms with van der Waals surface area (Å²) in [5, 5.41) is 10.3. The quantitative estimate of drug-likeness (QED) is 0.0986. The number of carbonyl (C=O) groups is 2. The molecule has 1 rings (SSSR count). The predicted molar refractivity (Wildman–Crippen MR) is 157 cm³/mol. The Hall–Kier alpha value is -0.546. The number of aliphatic hydroxyl groups excluding tert-OH is 1. The summed E-state index contributed by atoms with van der Waals surface area (Å²) in [7, 11) is -2.57. The van der Waals surface area contributed by atoms with Gasteiger partial charge in [-0.05, 0) is 80.2 Å². The van der Waals surface area contributed by atoms with Gasteiger partial charge in [0.25, 0.3) is 0 Å². The van der Waals surface area contributed by atoms with Crippen LogP contribution in [0.15, 0.2) is 0 Å². The van der Waals surface area contributed by atoms with E-state index in [9.17, 15) is 14.7 Å². The van der Waals surface area contributed by atoms with Crippen LogP contribution in [0.2, 0.25) is 36.3 Å². The first-order valence-electron chi connectivity index (χ1n) is 14.4. The summed E-state index contributed by atoms with van der Waals surface area (Å²) in [5.41, 5.74) is 0. The van der Waals surface area contributed by atoms with E-state index in [2.05, 4.69) is 67.7 Å². The van der Waals surface area contributed by atoms with E-state index in [4.69, 9.17) is 13.6 Å². The molecule has 0 aromatic rings. The molecule has 0 amide bonds. The zero-order valence-electron chi connectivity index (χ0n) is 25.8. The van der Waals surface area contributed by atoms with Crippen molar-refractivity contribution >= 4 is 28.9 Å². The molecule has 1 N–H and O–H groups in total. The Bertz CT molecular complexity index is 710. The van der Waals surface area contributed by atoms with E-state index in [-0.39, 0.29) is 34.2 Å². The maximum atomic E-state index is 11.4.